The van der Waals surface area contributed by atoms with E-state index in [1.165, 1.54) is 23.1 Å². The van der Waals surface area contributed by atoms with E-state index in [0.29, 0.717) is 34.4 Å². The maximum Gasteiger partial charge on any atom is 0.239 e. The summed E-state index contributed by atoms with van der Waals surface area (Å²) in [5.41, 5.74) is 8.05. The number of thiazole rings is 1. The molecule has 1 saturated heterocycles. The zero-order valence-electron chi connectivity index (χ0n) is 17.9. The van der Waals surface area contributed by atoms with Crippen LogP contribution in [0.3, 0.4) is 0 Å². The predicted molar refractivity (Wildman–Crippen MR) is 129 cm³/mol. The second-order valence-corrected chi connectivity index (χ2v) is 10.9. The molecule has 1 amide bonds. The summed E-state index contributed by atoms with van der Waals surface area (Å²) < 4.78 is 3.73. The Morgan fingerprint density at radius 1 is 1.45 bits per heavy atom. The lowest BCUT2D eigenvalue weighted by molar-refractivity contribution is -0.134. The summed E-state index contributed by atoms with van der Waals surface area (Å²) in [5.74, 6) is 0.260. The van der Waals surface area contributed by atoms with Crippen LogP contribution in [0.25, 0.3) is 21.4 Å². The van der Waals surface area contributed by atoms with Crippen LogP contribution in [0.1, 0.15) is 19.8 Å². The Morgan fingerprint density at radius 3 is 3.09 bits per heavy atom. The van der Waals surface area contributed by atoms with Gasteiger partial charge < -0.3 is 20.2 Å². The third kappa shape index (κ3) is 4.50. The molecule has 1 fully saturated rings. The third-order valence-corrected chi connectivity index (χ3v) is 8.18. The van der Waals surface area contributed by atoms with E-state index in [9.17, 15) is 4.79 Å². The van der Waals surface area contributed by atoms with Gasteiger partial charge in [-0.25, -0.2) is 15.0 Å². The second-order valence-electron chi connectivity index (χ2n) is 8.24. The first-order chi connectivity index (χ1) is 15.9. The Balaban J connectivity index is 1.40. The highest BCUT2D eigenvalue weighted by atomic mass is 35.5. The van der Waals surface area contributed by atoms with E-state index >= 15 is 0 Å². The highest BCUT2D eigenvalue weighted by molar-refractivity contribution is 8.01. The van der Waals surface area contributed by atoms with Gasteiger partial charge in [-0.2, -0.15) is 0 Å². The molecule has 0 saturated carbocycles. The number of aromatic amines is 1. The first-order valence-corrected chi connectivity index (χ1v) is 12.7. The summed E-state index contributed by atoms with van der Waals surface area (Å²) in [5, 5.41) is 9.55. The van der Waals surface area contributed by atoms with Gasteiger partial charge >= 0.3 is 0 Å². The van der Waals surface area contributed by atoms with Gasteiger partial charge in [0.1, 0.15) is 5.52 Å². The number of carbonyl (C=O) groups is 1. The number of nitrogens with two attached hydrogens (primary N) is 1. The largest absolute Gasteiger partial charge is 0.341 e. The van der Waals surface area contributed by atoms with Gasteiger partial charge in [0, 0.05) is 19.6 Å². The molecule has 4 N–H and O–H groups in total. The van der Waals surface area contributed by atoms with Gasteiger partial charge in [0.25, 0.3) is 0 Å². The molecule has 9 nitrogen and oxygen atoms in total. The quantitative estimate of drug-likeness (QED) is 0.384. The number of amides is 1. The molecule has 0 aliphatic carbocycles. The fourth-order valence-corrected chi connectivity index (χ4v) is 6.38. The molecule has 3 aromatic heterocycles. The van der Waals surface area contributed by atoms with E-state index in [0.717, 1.165) is 33.9 Å². The number of carbonyl (C=O) groups excluding carboxylic acids is 1. The minimum atomic E-state index is -0.490. The molecule has 0 spiro atoms. The average Bonchev–Trinajstić information content (AvgIpc) is 3.41. The van der Waals surface area contributed by atoms with Gasteiger partial charge in [-0.15, -0.1) is 11.3 Å². The zero-order chi connectivity index (χ0) is 23.1. The highest BCUT2D eigenvalue weighted by Gasteiger charge is 2.26. The summed E-state index contributed by atoms with van der Waals surface area (Å²) >= 11 is 9.21. The third-order valence-electron chi connectivity index (χ3n) is 5.70. The van der Waals surface area contributed by atoms with Crippen molar-refractivity contribution in [1.82, 2.24) is 29.4 Å². The zero-order valence-corrected chi connectivity index (χ0v) is 20.3. The Morgan fingerprint density at radius 2 is 2.30 bits per heavy atom. The topological polar surface area (TPSA) is 130 Å². The Bertz CT molecular complexity index is 1390. The van der Waals surface area contributed by atoms with Gasteiger partial charge in [-0.3, -0.25) is 10.2 Å². The summed E-state index contributed by atoms with van der Waals surface area (Å²) in [6.45, 7) is 3.80. The fourth-order valence-electron chi connectivity index (χ4n) is 4.15. The maximum atomic E-state index is 12.3. The van der Waals surface area contributed by atoms with Crippen LogP contribution in [0.4, 0.5) is 0 Å². The number of benzene rings is 1. The number of nitrogens with one attached hydrogen (secondary N) is 2. The molecule has 172 valence electrons. The SMILES string of the molecule is C[C@H](N)C(=O)N1CCCC(Cn2cnc(=N)c3[nH]c(Sc4nc5cccc(Cl)c5s4)nc32)C1. The summed E-state index contributed by atoms with van der Waals surface area (Å²) in [4.78, 5) is 31.0. The number of halogens is 1. The van der Waals surface area contributed by atoms with Crippen molar-refractivity contribution >= 4 is 62.0 Å². The van der Waals surface area contributed by atoms with Crippen LogP contribution in [-0.4, -0.2) is 54.4 Å². The van der Waals surface area contributed by atoms with E-state index in [-0.39, 0.29) is 17.3 Å². The molecular formula is C21H23ClN8OS2. The standard InChI is InChI=1S/C21H23ClN8OS2/c1-11(23)19(31)29-7-3-4-12(8-29)9-30-10-25-17(24)15-18(30)28-20(27-15)33-21-26-14-6-2-5-13(22)16(14)32-21/h2,5-6,10-12,24H,3-4,7-9,23H2,1H3,(H,27,28)/t11-,12?/m0/s1. The number of rotatable bonds is 5. The molecule has 2 atom stereocenters. The molecule has 5 rings (SSSR count). The van der Waals surface area contributed by atoms with Gasteiger partial charge in [-0.05, 0) is 49.6 Å². The summed E-state index contributed by atoms with van der Waals surface area (Å²) in [6, 6.07) is 5.18. The monoisotopic (exact) mass is 502 g/mol. The molecule has 33 heavy (non-hydrogen) atoms. The summed E-state index contributed by atoms with van der Waals surface area (Å²) in [6.07, 6.45) is 3.61. The van der Waals surface area contributed by atoms with Crippen LogP contribution in [0, 0.1) is 11.3 Å². The van der Waals surface area contributed by atoms with Gasteiger partial charge in [0.2, 0.25) is 5.91 Å². The molecule has 1 unspecified atom stereocenters. The lowest BCUT2D eigenvalue weighted by atomic mass is 9.97. The molecule has 1 aromatic carbocycles. The minimum Gasteiger partial charge on any atom is -0.341 e. The molecule has 0 radical (unpaired) electrons. The molecule has 4 aromatic rings. The van der Waals surface area contributed by atoms with Gasteiger partial charge in [-0.1, -0.05) is 17.7 Å². The van der Waals surface area contributed by atoms with Crippen molar-refractivity contribution in [3.05, 3.63) is 35.0 Å². The van der Waals surface area contributed by atoms with Crippen LogP contribution in [0.2, 0.25) is 5.02 Å². The second kappa shape index (κ2) is 9.05. The van der Waals surface area contributed by atoms with Crippen molar-refractivity contribution in [3.63, 3.8) is 0 Å². The number of piperidine rings is 1. The van der Waals surface area contributed by atoms with Crippen molar-refractivity contribution in [1.29, 1.82) is 5.41 Å². The predicted octanol–water partition coefficient (Wildman–Crippen LogP) is 3.24. The van der Waals surface area contributed by atoms with Crippen molar-refractivity contribution in [2.24, 2.45) is 11.7 Å². The number of likely N-dealkylation sites (tertiary alicyclic amines) is 1. The van der Waals surface area contributed by atoms with E-state index in [1.54, 1.807) is 13.3 Å². The normalized spacial score (nSPS) is 17.7. The number of aromatic nitrogens is 5. The van der Waals surface area contributed by atoms with Crippen LogP contribution in [0.15, 0.2) is 34.0 Å². The number of hydrogen-bond acceptors (Lipinski definition) is 8. The van der Waals surface area contributed by atoms with E-state index in [4.69, 9.17) is 27.7 Å². The minimum absolute atomic E-state index is 0.0103. The Hall–Kier alpha value is -2.47. The number of hydrogen-bond donors (Lipinski definition) is 3. The molecule has 0 bridgehead atoms. The van der Waals surface area contributed by atoms with Crippen molar-refractivity contribution < 1.29 is 4.79 Å². The Kier molecular flexibility index (Phi) is 6.12. The molecular weight excluding hydrogens is 480 g/mol. The van der Waals surface area contributed by atoms with Crippen molar-refractivity contribution in [3.8, 4) is 0 Å². The van der Waals surface area contributed by atoms with Crippen molar-refractivity contribution in [2.75, 3.05) is 13.1 Å². The molecule has 4 heterocycles. The number of fused-ring (bicyclic) bond motifs is 2. The van der Waals surface area contributed by atoms with Crippen molar-refractivity contribution in [2.45, 2.75) is 41.8 Å². The summed E-state index contributed by atoms with van der Waals surface area (Å²) in [7, 11) is 0. The van der Waals surface area contributed by atoms with Crippen LogP contribution < -0.4 is 11.2 Å². The number of nitrogens with zero attached hydrogens (tertiary/aromatic N) is 5. The molecule has 1 aliphatic heterocycles. The van der Waals surface area contributed by atoms with Crippen LogP contribution in [-0.2, 0) is 11.3 Å². The Labute approximate surface area is 202 Å². The van der Waals surface area contributed by atoms with E-state index < -0.39 is 6.04 Å². The lowest BCUT2D eigenvalue weighted by Gasteiger charge is -2.34. The van der Waals surface area contributed by atoms with Gasteiger partial charge in [0.15, 0.2) is 20.6 Å². The van der Waals surface area contributed by atoms with Crippen LogP contribution >= 0.6 is 34.7 Å². The average molecular weight is 503 g/mol. The molecule has 12 heteroatoms. The number of H-pyrrole nitrogens is 1. The first kappa shape index (κ1) is 22.3. The van der Waals surface area contributed by atoms with Crippen LogP contribution in [0.5, 0.6) is 0 Å². The highest BCUT2D eigenvalue weighted by Crippen LogP contribution is 2.36. The van der Waals surface area contributed by atoms with Gasteiger partial charge in [0.05, 0.1) is 27.6 Å². The molecule has 1 aliphatic rings. The fraction of sp³-hybridized carbons (Fsp3) is 0.381. The van der Waals surface area contributed by atoms with E-state index in [1.807, 2.05) is 27.7 Å². The maximum absolute atomic E-state index is 12.3. The van der Waals surface area contributed by atoms with E-state index in [2.05, 4.69) is 15.0 Å². The lowest BCUT2D eigenvalue weighted by Crippen LogP contribution is -2.47. The smallest absolute Gasteiger partial charge is 0.239 e. The first-order valence-electron chi connectivity index (χ1n) is 10.7. The number of imidazole rings is 1.